The third kappa shape index (κ3) is 5.50. The van der Waals surface area contributed by atoms with Gasteiger partial charge in [0.25, 0.3) is 0 Å². The van der Waals surface area contributed by atoms with Crippen molar-refractivity contribution in [1.82, 2.24) is 5.32 Å². The second-order valence-electron chi connectivity index (χ2n) is 4.45. The first-order chi connectivity index (χ1) is 8.44. The highest BCUT2D eigenvalue weighted by molar-refractivity contribution is 9.10. The largest absolute Gasteiger partial charge is 0.310 e. The van der Waals surface area contributed by atoms with Gasteiger partial charge in [0, 0.05) is 16.8 Å². The van der Waals surface area contributed by atoms with Crippen molar-refractivity contribution in [3.63, 3.8) is 0 Å². The number of nitrogens with one attached hydrogen (secondary N) is 1. The summed E-state index contributed by atoms with van der Waals surface area (Å²) >= 11 is 3.52. The standard InChI is InChI=1S/C13H20BrNO2S/c1-3-9-15-13(8-10-18(2,16)17)11-6-4-5-7-12(11)14/h4-7,13,15H,3,8-10H2,1-2H3. The van der Waals surface area contributed by atoms with Crippen LogP contribution in [0.4, 0.5) is 0 Å². The van der Waals surface area contributed by atoms with E-state index < -0.39 is 9.84 Å². The number of sulfone groups is 1. The fraction of sp³-hybridized carbons (Fsp3) is 0.538. The van der Waals surface area contributed by atoms with Crippen LogP contribution in [0.2, 0.25) is 0 Å². The summed E-state index contributed by atoms with van der Waals surface area (Å²) in [5.74, 6) is 0.204. The quantitative estimate of drug-likeness (QED) is 0.834. The summed E-state index contributed by atoms with van der Waals surface area (Å²) in [5.41, 5.74) is 1.12. The average Bonchev–Trinajstić information content (AvgIpc) is 2.29. The van der Waals surface area contributed by atoms with Gasteiger partial charge in [-0.3, -0.25) is 0 Å². The Morgan fingerprint density at radius 3 is 2.56 bits per heavy atom. The van der Waals surface area contributed by atoms with E-state index in [0.29, 0.717) is 6.42 Å². The molecule has 1 rings (SSSR count). The molecule has 0 aromatic heterocycles. The van der Waals surface area contributed by atoms with Crippen molar-refractivity contribution < 1.29 is 8.42 Å². The topological polar surface area (TPSA) is 46.2 Å². The molecule has 0 fully saturated rings. The van der Waals surface area contributed by atoms with Crippen molar-refractivity contribution in [2.24, 2.45) is 0 Å². The first-order valence-corrected chi connectivity index (χ1v) is 8.95. The molecule has 1 aromatic carbocycles. The highest BCUT2D eigenvalue weighted by Crippen LogP contribution is 2.25. The van der Waals surface area contributed by atoms with Crippen LogP contribution in [0.25, 0.3) is 0 Å². The molecule has 0 aliphatic heterocycles. The zero-order valence-electron chi connectivity index (χ0n) is 10.8. The Kier molecular flexibility index (Phi) is 6.32. The minimum Gasteiger partial charge on any atom is -0.310 e. The summed E-state index contributed by atoms with van der Waals surface area (Å²) in [4.78, 5) is 0. The van der Waals surface area contributed by atoms with Crippen LogP contribution in [-0.4, -0.2) is 27.0 Å². The van der Waals surface area contributed by atoms with Crippen LogP contribution >= 0.6 is 15.9 Å². The van der Waals surface area contributed by atoms with Crippen LogP contribution < -0.4 is 5.32 Å². The summed E-state index contributed by atoms with van der Waals surface area (Å²) in [7, 11) is -2.92. The molecule has 1 N–H and O–H groups in total. The number of halogens is 1. The van der Waals surface area contributed by atoms with Crippen molar-refractivity contribution in [3.8, 4) is 0 Å². The summed E-state index contributed by atoms with van der Waals surface area (Å²) in [6.07, 6.45) is 2.91. The zero-order chi connectivity index (χ0) is 13.6. The van der Waals surface area contributed by atoms with Gasteiger partial charge in [-0.25, -0.2) is 8.42 Å². The Balaban J connectivity index is 2.81. The van der Waals surface area contributed by atoms with E-state index in [1.54, 1.807) is 0 Å². The van der Waals surface area contributed by atoms with Crippen molar-refractivity contribution in [3.05, 3.63) is 34.3 Å². The number of benzene rings is 1. The van der Waals surface area contributed by atoms with Crippen molar-refractivity contribution in [2.45, 2.75) is 25.8 Å². The highest BCUT2D eigenvalue weighted by Gasteiger charge is 2.15. The second-order valence-corrected chi connectivity index (χ2v) is 7.56. The molecule has 0 heterocycles. The fourth-order valence-electron chi connectivity index (χ4n) is 1.78. The first kappa shape index (κ1) is 15.7. The van der Waals surface area contributed by atoms with Gasteiger partial charge in [-0.05, 0) is 31.0 Å². The molecular formula is C13H20BrNO2S. The van der Waals surface area contributed by atoms with Gasteiger partial charge >= 0.3 is 0 Å². The van der Waals surface area contributed by atoms with E-state index in [2.05, 4.69) is 28.2 Å². The minimum atomic E-state index is -2.92. The van der Waals surface area contributed by atoms with Gasteiger partial charge in [0.2, 0.25) is 0 Å². The Hall–Kier alpha value is -0.390. The average molecular weight is 334 g/mol. The normalized spacial score (nSPS) is 13.5. The predicted molar refractivity (Wildman–Crippen MR) is 79.5 cm³/mol. The van der Waals surface area contributed by atoms with Crippen molar-refractivity contribution >= 4 is 25.8 Å². The zero-order valence-corrected chi connectivity index (χ0v) is 13.2. The molecule has 0 saturated heterocycles. The minimum absolute atomic E-state index is 0.0789. The molecule has 0 radical (unpaired) electrons. The summed E-state index contributed by atoms with van der Waals surface area (Å²) < 4.78 is 23.6. The molecule has 0 aliphatic carbocycles. The summed E-state index contributed by atoms with van der Waals surface area (Å²) in [5, 5.41) is 3.40. The molecule has 0 saturated carbocycles. The Labute approximate surface area is 118 Å². The van der Waals surface area contributed by atoms with Crippen LogP contribution in [0.1, 0.15) is 31.4 Å². The molecule has 0 bridgehead atoms. The van der Waals surface area contributed by atoms with Gasteiger partial charge in [-0.1, -0.05) is 41.1 Å². The molecule has 18 heavy (non-hydrogen) atoms. The molecule has 0 aliphatic rings. The predicted octanol–water partition coefficient (Wildman–Crippen LogP) is 2.92. The molecule has 0 amide bonds. The van der Waals surface area contributed by atoms with Gasteiger partial charge in [-0.2, -0.15) is 0 Å². The van der Waals surface area contributed by atoms with Gasteiger partial charge in [0.05, 0.1) is 5.75 Å². The van der Waals surface area contributed by atoms with Crippen LogP contribution in [0.5, 0.6) is 0 Å². The van der Waals surface area contributed by atoms with E-state index in [4.69, 9.17) is 0 Å². The van der Waals surface area contributed by atoms with Gasteiger partial charge in [0.1, 0.15) is 9.84 Å². The molecule has 1 unspecified atom stereocenters. The van der Waals surface area contributed by atoms with Gasteiger partial charge in [-0.15, -0.1) is 0 Å². The van der Waals surface area contributed by atoms with Crippen LogP contribution in [0.15, 0.2) is 28.7 Å². The van der Waals surface area contributed by atoms with E-state index in [0.717, 1.165) is 23.0 Å². The maximum atomic E-state index is 11.3. The number of hydrogen-bond donors (Lipinski definition) is 1. The molecule has 0 spiro atoms. The maximum absolute atomic E-state index is 11.3. The van der Waals surface area contributed by atoms with E-state index >= 15 is 0 Å². The third-order valence-electron chi connectivity index (χ3n) is 2.70. The fourth-order valence-corrected chi connectivity index (χ4v) is 3.00. The molecule has 1 aromatic rings. The van der Waals surface area contributed by atoms with Gasteiger partial charge in [0.15, 0.2) is 0 Å². The maximum Gasteiger partial charge on any atom is 0.147 e. The van der Waals surface area contributed by atoms with E-state index in [1.165, 1.54) is 6.26 Å². The number of hydrogen-bond acceptors (Lipinski definition) is 3. The Bertz CT molecular complexity index is 474. The molecule has 5 heteroatoms. The van der Waals surface area contributed by atoms with Crippen molar-refractivity contribution in [2.75, 3.05) is 18.6 Å². The molecule has 3 nitrogen and oxygen atoms in total. The van der Waals surface area contributed by atoms with Crippen LogP contribution in [-0.2, 0) is 9.84 Å². The van der Waals surface area contributed by atoms with Gasteiger partial charge < -0.3 is 5.32 Å². The molecule has 1 atom stereocenters. The molecular weight excluding hydrogens is 314 g/mol. The second kappa shape index (κ2) is 7.26. The van der Waals surface area contributed by atoms with E-state index in [1.807, 2.05) is 24.3 Å². The van der Waals surface area contributed by atoms with Crippen LogP contribution in [0.3, 0.4) is 0 Å². The lowest BCUT2D eigenvalue weighted by atomic mass is 10.0. The van der Waals surface area contributed by atoms with E-state index in [9.17, 15) is 8.42 Å². The third-order valence-corrected chi connectivity index (χ3v) is 4.40. The molecule has 102 valence electrons. The first-order valence-electron chi connectivity index (χ1n) is 6.09. The lowest BCUT2D eigenvalue weighted by Crippen LogP contribution is -2.24. The Morgan fingerprint density at radius 2 is 2.00 bits per heavy atom. The van der Waals surface area contributed by atoms with Crippen LogP contribution in [0, 0.1) is 0 Å². The summed E-state index contributed by atoms with van der Waals surface area (Å²) in [6.45, 7) is 2.98. The van der Waals surface area contributed by atoms with E-state index in [-0.39, 0.29) is 11.8 Å². The SMILES string of the molecule is CCCNC(CCS(C)(=O)=O)c1ccccc1Br. The Morgan fingerprint density at radius 1 is 1.33 bits per heavy atom. The highest BCUT2D eigenvalue weighted by atomic mass is 79.9. The van der Waals surface area contributed by atoms with Crippen molar-refractivity contribution in [1.29, 1.82) is 0 Å². The monoisotopic (exact) mass is 333 g/mol. The lowest BCUT2D eigenvalue weighted by Gasteiger charge is -2.20. The smallest absolute Gasteiger partial charge is 0.147 e. The summed E-state index contributed by atoms with van der Waals surface area (Å²) in [6, 6.07) is 8.02. The lowest BCUT2D eigenvalue weighted by molar-refractivity contribution is 0.512. The number of rotatable bonds is 7.